The number of thiol groups is 1. The number of rotatable bonds is 4. The Balaban J connectivity index is 1.94. The van der Waals surface area contributed by atoms with Crippen LogP contribution in [0.5, 0.6) is 0 Å². The number of carbonyl (C=O) groups is 2. The lowest BCUT2D eigenvalue weighted by Crippen LogP contribution is -2.27. The molecule has 0 saturated carbocycles. The summed E-state index contributed by atoms with van der Waals surface area (Å²) in [6.07, 6.45) is 0.201. The largest absolute Gasteiger partial charge is 0.463 e. The van der Waals surface area contributed by atoms with Crippen LogP contribution in [0.3, 0.4) is 0 Å². The van der Waals surface area contributed by atoms with Gasteiger partial charge in [-0.25, -0.2) is 15.0 Å². The molecule has 1 saturated heterocycles. The van der Waals surface area contributed by atoms with Gasteiger partial charge >= 0.3 is 11.9 Å². The number of nitrogens with zero attached hydrogens (tertiary/aromatic N) is 4. The Morgan fingerprint density at radius 1 is 1.36 bits per heavy atom. The van der Waals surface area contributed by atoms with E-state index in [1.165, 1.54) is 20.2 Å². The highest BCUT2D eigenvalue weighted by atomic mass is 32.1. The number of hydrogen-bond acceptors (Lipinski definition) is 9. The van der Waals surface area contributed by atoms with Crippen LogP contribution in [0.25, 0.3) is 11.5 Å². The number of imidazole rings is 1. The number of fused-ring (bicyclic) bond motifs is 1. The second-order valence-corrected chi connectivity index (χ2v) is 6.15. The third kappa shape index (κ3) is 3.59. The van der Waals surface area contributed by atoms with Crippen molar-refractivity contribution in [2.45, 2.75) is 50.8 Å². The molecule has 10 heteroatoms. The van der Waals surface area contributed by atoms with E-state index in [-0.39, 0.29) is 6.61 Å². The molecule has 3 aliphatic heterocycles. The summed E-state index contributed by atoms with van der Waals surface area (Å²) in [4.78, 5) is 35.1. The van der Waals surface area contributed by atoms with Gasteiger partial charge in [0.15, 0.2) is 17.2 Å². The summed E-state index contributed by atoms with van der Waals surface area (Å²) in [5.74, 6) is -0.338. The zero-order valence-electron chi connectivity index (χ0n) is 14.0. The second-order valence-electron chi connectivity index (χ2n) is 5.75. The molecule has 0 spiro atoms. The molecule has 0 aliphatic carbocycles. The van der Waals surface area contributed by atoms with Crippen molar-refractivity contribution in [3.8, 4) is 11.5 Å². The van der Waals surface area contributed by atoms with E-state index in [9.17, 15) is 9.59 Å². The van der Waals surface area contributed by atoms with Gasteiger partial charge in [-0.1, -0.05) is 0 Å². The van der Waals surface area contributed by atoms with E-state index in [0.29, 0.717) is 23.1 Å². The monoisotopic (exact) mass is 366 g/mol. The van der Waals surface area contributed by atoms with Crippen LogP contribution in [0.1, 0.15) is 32.2 Å². The Morgan fingerprint density at radius 3 is 2.80 bits per heavy atom. The number of hydrogen-bond donors (Lipinski definition) is 1. The average molecular weight is 366 g/mol. The van der Waals surface area contributed by atoms with Crippen LogP contribution in [0, 0.1) is 6.92 Å². The fraction of sp³-hybridized carbons (Fsp3) is 0.533. The maximum atomic E-state index is 11.5. The lowest BCUT2D eigenvalue weighted by molar-refractivity contribution is -0.153. The van der Waals surface area contributed by atoms with E-state index in [4.69, 9.17) is 14.2 Å². The van der Waals surface area contributed by atoms with Crippen molar-refractivity contribution in [1.82, 2.24) is 19.5 Å². The average Bonchev–Trinajstić information content (AvgIpc) is 3.12. The summed E-state index contributed by atoms with van der Waals surface area (Å²) in [6.45, 7) is 4.58. The van der Waals surface area contributed by atoms with Gasteiger partial charge in [-0.15, -0.1) is 12.6 Å². The number of aromatic nitrogens is 4. The van der Waals surface area contributed by atoms with E-state index in [1.807, 2.05) is 6.92 Å². The fourth-order valence-corrected chi connectivity index (χ4v) is 3.25. The molecule has 25 heavy (non-hydrogen) atoms. The van der Waals surface area contributed by atoms with Crippen molar-refractivity contribution in [1.29, 1.82) is 0 Å². The first-order valence-electron chi connectivity index (χ1n) is 7.71. The molecule has 9 nitrogen and oxygen atoms in total. The van der Waals surface area contributed by atoms with Gasteiger partial charge in [-0.05, 0) is 6.92 Å². The summed E-state index contributed by atoms with van der Waals surface area (Å²) in [5.41, 5.74) is 1.36. The van der Waals surface area contributed by atoms with Gasteiger partial charge in [0.2, 0.25) is 0 Å². The van der Waals surface area contributed by atoms with Gasteiger partial charge < -0.3 is 14.2 Å². The normalized spacial score (nSPS) is 23.0. The van der Waals surface area contributed by atoms with Crippen LogP contribution in [-0.4, -0.2) is 50.3 Å². The molecule has 3 aliphatic rings. The van der Waals surface area contributed by atoms with Gasteiger partial charge in [-0.3, -0.25) is 14.2 Å². The quantitative estimate of drug-likeness (QED) is 0.488. The Morgan fingerprint density at radius 2 is 2.12 bits per heavy atom. The molecule has 0 N–H and O–H groups in total. The minimum absolute atomic E-state index is 0.0803. The molecule has 0 bridgehead atoms. The molecule has 3 rings (SSSR count). The molecule has 0 radical (unpaired) electrons. The van der Waals surface area contributed by atoms with E-state index in [0.717, 1.165) is 5.69 Å². The van der Waals surface area contributed by atoms with Crippen LogP contribution in [-0.2, 0) is 23.8 Å². The molecule has 0 aromatic carbocycles. The predicted molar refractivity (Wildman–Crippen MR) is 87.1 cm³/mol. The number of esters is 2. The number of carbonyl (C=O) groups excluding carboxylic acids is 2. The predicted octanol–water partition coefficient (Wildman–Crippen LogP) is 1.16. The summed E-state index contributed by atoms with van der Waals surface area (Å²) < 4.78 is 18.1. The Bertz CT molecular complexity index is 780. The highest BCUT2D eigenvalue weighted by Gasteiger charge is 2.41. The standard InChI is InChI=1S/C15H18N4O5S/c1-7-12-13(17-6-16-12)18-15(25)19(7)14-11(23-9(3)21)4-10(24-14)5-22-8(2)20/h6,10-11,14H,4-5H2,1-3H3,(H,16,17,18,25)/t10-,11+,14+/m0/s1. The Kier molecular flexibility index (Phi) is 4.91. The summed E-state index contributed by atoms with van der Waals surface area (Å²) >= 11 is 4.42. The van der Waals surface area contributed by atoms with Gasteiger partial charge in [0.1, 0.15) is 24.7 Å². The molecular weight excluding hydrogens is 348 g/mol. The van der Waals surface area contributed by atoms with Crippen molar-refractivity contribution in [3.63, 3.8) is 0 Å². The Labute approximate surface area is 149 Å². The smallest absolute Gasteiger partial charge is 0.303 e. The minimum atomic E-state index is -0.648. The first-order valence-corrected chi connectivity index (χ1v) is 8.16. The lowest BCUT2D eigenvalue weighted by Gasteiger charge is -2.25. The van der Waals surface area contributed by atoms with E-state index in [1.54, 1.807) is 4.57 Å². The van der Waals surface area contributed by atoms with E-state index < -0.39 is 30.4 Å². The molecule has 0 aromatic heterocycles. The van der Waals surface area contributed by atoms with Crippen molar-refractivity contribution >= 4 is 24.6 Å². The summed E-state index contributed by atoms with van der Waals surface area (Å²) in [6, 6.07) is 0. The first-order chi connectivity index (χ1) is 11.9. The van der Waals surface area contributed by atoms with Crippen LogP contribution >= 0.6 is 12.6 Å². The summed E-state index contributed by atoms with van der Waals surface area (Å²) in [5, 5.41) is 0.362. The second kappa shape index (κ2) is 6.96. The topological polar surface area (TPSA) is 105 Å². The van der Waals surface area contributed by atoms with Crippen LogP contribution < -0.4 is 0 Å². The van der Waals surface area contributed by atoms with Crippen LogP contribution in [0.4, 0.5) is 0 Å². The molecule has 3 heterocycles. The molecule has 0 aromatic rings. The van der Waals surface area contributed by atoms with Gasteiger partial charge in [0.25, 0.3) is 0 Å². The molecule has 0 unspecified atom stereocenters. The lowest BCUT2D eigenvalue weighted by atomic mass is 10.2. The molecule has 134 valence electrons. The maximum Gasteiger partial charge on any atom is 0.303 e. The third-order valence-electron chi connectivity index (χ3n) is 3.89. The minimum Gasteiger partial charge on any atom is -0.463 e. The highest BCUT2D eigenvalue weighted by Crippen LogP contribution is 2.36. The number of ether oxygens (including phenoxy) is 3. The van der Waals surface area contributed by atoms with Gasteiger partial charge in [0.05, 0.1) is 6.10 Å². The zero-order valence-corrected chi connectivity index (χ0v) is 14.9. The van der Waals surface area contributed by atoms with E-state index >= 15 is 0 Å². The summed E-state index contributed by atoms with van der Waals surface area (Å²) in [7, 11) is 0. The van der Waals surface area contributed by atoms with Gasteiger partial charge in [0, 0.05) is 26.0 Å². The van der Waals surface area contributed by atoms with Gasteiger partial charge in [-0.2, -0.15) is 0 Å². The van der Waals surface area contributed by atoms with Crippen molar-refractivity contribution in [3.05, 3.63) is 12.0 Å². The maximum absolute atomic E-state index is 11.5. The molecule has 1 fully saturated rings. The van der Waals surface area contributed by atoms with E-state index in [2.05, 4.69) is 27.6 Å². The van der Waals surface area contributed by atoms with Crippen LogP contribution in [0.15, 0.2) is 11.5 Å². The van der Waals surface area contributed by atoms with Crippen molar-refractivity contribution in [2.75, 3.05) is 6.61 Å². The first kappa shape index (κ1) is 17.6. The SMILES string of the molecule is CC(=O)OC[C@@H]1C[C@@H](OC(C)=O)[C@H](n2c(S)nc3ncnc-3c2C)O1. The highest BCUT2D eigenvalue weighted by molar-refractivity contribution is 7.80. The molecule has 0 amide bonds. The molecule has 3 atom stereocenters. The Hall–Kier alpha value is -2.20. The van der Waals surface area contributed by atoms with Crippen molar-refractivity contribution < 1.29 is 23.8 Å². The zero-order chi connectivity index (χ0) is 18.1. The van der Waals surface area contributed by atoms with Crippen LogP contribution in [0.2, 0.25) is 0 Å². The third-order valence-corrected chi connectivity index (χ3v) is 4.21. The van der Waals surface area contributed by atoms with Crippen molar-refractivity contribution in [2.24, 2.45) is 0 Å². The fourth-order valence-electron chi connectivity index (χ4n) is 2.89. The molecular formula is C15H18N4O5S.